The Morgan fingerprint density at radius 2 is 1.97 bits per heavy atom. The number of H-pyrrole nitrogens is 1. The molecule has 0 bridgehead atoms. The lowest BCUT2D eigenvalue weighted by molar-refractivity contribution is 0.0732. The minimum atomic E-state index is -0.516. The Labute approximate surface area is 186 Å². The molecule has 1 aromatic heterocycles. The van der Waals surface area contributed by atoms with Crippen molar-refractivity contribution < 1.29 is 24.9 Å². The Morgan fingerprint density at radius 1 is 1.19 bits per heavy atom. The van der Waals surface area contributed by atoms with E-state index < -0.39 is 6.04 Å². The van der Waals surface area contributed by atoms with Crippen LogP contribution in [-0.4, -0.2) is 56.1 Å². The lowest BCUT2D eigenvalue weighted by Crippen LogP contribution is -2.31. The number of nitrogens with one attached hydrogen (secondary N) is 1. The van der Waals surface area contributed by atoms with E-state index in [0.717, 1.165) is 16.7 Å². The molecule has 1 atom stereocenters. The van der Waals surface area contributed by atoms with Crippen LogP contribution in [0.25, 0.3) is 11.3 Å². The van der Waals surface area contributed by atoms with Crippen LogP contribution in [0.2, 0.25) is 0 Å². The van der Waals surface area contributed by atoms with E-state index in [-0.39, 0.29) is 24.0 Å². The van der Waals surface area contributed by atoms with Gasteiger partial charge in [-0.2, -0.15) is 5.10 Å². The third kappa shape index (κ3) is 3.56. The van der Waals surface area contributed by atoms with Crippen LogP contribution in [0.5, 0.6) is 17.2 Å². The molecule has 4 rings (SSSR count). The monoisotopic (exact) mass is 437 g/mol. The number of carbonyl (C=O) groups excluding carboxylic acids is 1. The maximum atomic E-state index is 13.3. The SMILES string of the molecule is CCOc1cc(C2c3c(-c4cc(C)cc(C)c4O)n[nH]c3C(=O)N2CCCO)ccc1O. The number of carbonyl (C=O) groups is 1. The van der Waals surface area contributed by atoms with Crippen molar-refractivity contribution in [2.24, 2.45) is 0 Å². The van der Waals surface area contributed by atoms with Gasteiger partial charge in [0.25, 0.3) is 5.91 Å². The van der Waals surface area contributed by atoms with Crippen LogP contribution in [0.15, 0.2) is 30.3 Å². The zero-order valence-corrected chi connectivity index (χ0v) is 18.3. The van der Waals surface area contributed by atoms with Gasteiger partial charge in [0.05, 0.1) is 12.6 Å². The van der Waals surface area contributed by atoms with Crippen molar-refractivity contribution in [1.29, 1.82) is 0 Å². The minimum absolute atomic E-state index is 0.0152. The Kier molecular flexibility index (Phi) is 5.80. The molecule has 32 heavy (non-hydrogen) atoms. The van der Waals surface area contributed by atoms with Crippen LogP contribution < -0.4 is 4.74 Å². The van der Waals surface area contributed by atoms with Gasteiger partial charge in [0.15, 0.2) is 11.5 Å². The molecule has 0 saturated heterocycles. The van der Waals surface area contributed by atoms with Crippen LogP contribution >= 0.6 is 0 Å². The number of aromatic hydroxyl groups is 2. The summed E-state index contributed by atoms with van der Waals surface area (Å²) in [5, 5.41) is 37.6. The maximum Gasteiger partial charge on any atom is 0.273 e. The third-order valence-corrected chi connectivity index (χ3v) is 5.72. The van der Waals surface area contributed by atoms with Gasteiger partial charge in [0.2, 0.25) is 0 Å². The Balaban J connectivity index is 1.91. The van der Waals surface area contributed by atoms with Crippen LogP contribution in [0.4, 0.5) is 0 Å². The molecule has 0 aliphatic carbocycles. The topological polar surface area (TPSA) is 119 Å². The largest absolute Gasteiger partial charge is 0.507 e. The van der Waals surface area contributed by atoms with Gasteiger partial charge in [-0.05, 0) is 62.1 Å². The number of benzene rings is 2. The van der Waals surface area contributed by atoms with Crippen LogP contribution in [0.1, 0.15) is 52.1 Å². The zero-order chi connectivity index (χ0) is 23.0. The molecule has 4 N–H and O–H groups in total. The number of aromatic nitrogens is 2. The number of amides is 1. The number of aromatic amines is 1. The number of phenolic OH excluding ortho intramolecular Hbond substituents is 2. The highest BCUT2D eigenvalue weighted by Crippen LogP contribution is 2.46. The first-order chi connectivity index (χ1) is 15.4. The lowest BCUT2D eigenvalue weighted by atomic mass is 9.94. The van der Waals surface area contributed by atoms with Crippen LogP contribution in [0, 0.1) is 13.8 Å². The first-order valence-electron chi connectivity index (χ1n) is 10.6. The van der Waals surface area contributed by atoms with Gasteiger partial charge < -0.3 is 25.0 Å². The fourth-order valence-corrected chi connectivity index (χ4v) is 4.33. The van der Waals surface area contributed by atoms with Crippen molar-refractivity contribution in [3.05, 3.63) is 58.3 Å². The summed E-state index contributed by atoms with van der Waals surface area (Å²) in [5.74, 6) is 0.228. The Hall–Kier alpha value is -3.52. The van der Waals surface area contributed by atoms with Gasteiger partial charge >= 0.3 is 0 Å². The second kappa shape index (κ2) is 8.55. The Bertz CT molecular complexity index is 1170. The first-order valence-corrected chi connectivity index (χ1v) is 10.6. The van der Waals surface area contributed by atoms with Gasteiger partial charge in [-0.3, -0.25) is 9.89 Å². The number of ether oxygens (including phenoxy) is 1. The molecule has 1 amide bonds. The van der Waals surface area contributed by atoms with Crippen molar-refractivity contribution >= 4 is 5.91 Å². The summed E-state index contributed by atoms with van der Waals surface area (Å²) in [6, 6.07) is 8.22. The molecule has 1 aliphatic rings. The summed E-state index contributed by atoms with van der Waals surface area (Å²) in [6.07, 6.45) is 0.417. The van der Waals surface area contributed by atoms with E-state index in [4.69, 9.17) is 4.74 Å². The van der Waals surface area contributed by atoms with Gasteiger partial charge in [0, 0.05) is 24.3 Å². The summed E-state index contributed by atoms with van der Waals surface area (Å²) in [7, 11) is 0. The summed E-state index contributed by atoms with van der Waals surface area (Å²) >= 11 is 0. The van der Waals surface area contributed by atoms with Crippen LogP contribution in [-0.2, 0) is 0 Å². The van der Waals surface area contributed by atoms with Gasteiger partial charge in [0.1, 0.15) is 17.1 Å². The molecule has 8 nitrogen and oxygen atoms in total. The summed E-state index contributed by atoms with van der Waals surface area (Å²) < 4.78 is 5.56. The zero-order valence-electron chi connectivity index (χ0n) is 18.3. The van der Waals surface area contributed by atoms with E-state index >= 15 is 0 Å². The summed E-state index contributed by atoms with van der Waals surface area (Å²) in [5.41, 5.74) is 4.48. The number of aliphatic hydroxyl groups is 1. The average molecular weight is 437 g/mol. The number of phenols is 2. The van der Waals surface area contributed by atoms with E-state index in [1.165, 1.54) is 0 Å². The molecule has 1 aliphatic heterocycles. The standard InChI is InChI=1S/C24H27N3O5/c1-4-32-18-12-15(6-7-17(18)29)22-19-20(16-11-13(2)10-14(3)23(16)30)25-26-21(19)24(31)27(22)8-5-9-28/h6-7,10-12,22,28-30H,4-5,8-9H2,1-3H3,(H,25,26). The number of fused-ring (bicyclic) bond motifs is 1. The maximum absolute atomic E-state index is 13.3. The predicted octanol–water partition coefficient (Wildman–Crippen LogP) is 3.43. The van der Waals surface area contributed by atoms with Crippen molar-refractivity contribution in [1.82, 2.24) is 15.1 Å². The smallest absolute Gasteiger partial charge is 0.273 e. The molecule has 0 saturated carbocycles. The number of aryl methyl sites for hydroxylation is 2. The van der Waals surface area contributed by atoms with E-state index in [1.807, 2.05) is 32.9 Å². The molecule has 168 valence electrons. The third-order valence-electron chi connectivity index (χ3n) is 5.72. The summed E-state index contributed by atoms with van der Waals surface area (Å²) in [4.78, 5) is 14.9. The van der Waals surface area contributed by atoms with Gasteiger partial charge in [-0.15, -0.1) is 0 Å². The van der Waals surface area contributed by atoms with Gasteiger partial charge in [-0.25, -0.2) is 0 Å². The second-order valence-corrected chi connectivity index (χ2v) is 7.98. The molecule has 2 aromatic carbocycles. The van der Waals surface area contributed by atoms with Crippen molar-refractivity contribution in [2.75, 3.05) is 19.8 Å². The lowest BCUT2D eigenvalue weighted by Gasteiger charge is -2.26. The van der Waals surface area contributed by atoms with E-state index in [2.05, 4.69) is 10.2 Å². The molecule has 2 heterocycles. The molecule has 0 fully saturated rings. The molecular formula is C24H27N3O5. The molecular weight excluding hydrogens is 410 g/mol. The predicted molar refractivity (Wildman–Crippen MR) is 119 cm³/mol. The Morgan fingerprint density at radius 3 is 2.69 bits per heavy atom. The highest BCUT2D eigenvalue weighted by molar-refractivity contribution is 6.00. The van der Waals surface area contributed by atoms with Crippen molar-refractivity contribution in [3.8, 4) is 28.5 Å². The van der Waals surface area contributed by atoms with Crippen molar-refractivity contribution in [2.45, 2.75) is 33.2 Å². The van der Waals surface area contributed by atoms with E-state index in [1.54, 1.807) is 23.1 Å². The number of aliphatic hydroxyl groups excluding tert-OH is 1. The quantitative estimate of drug-likeness (QED) is 0.450. The normalized spacial score (nSPS) is 15.3. The molecule has 3 aromatic rings. The second-order valence-electron chi connectivity index (χ2n) is 7.98. The van der Waals surface area contributed by atoms with Gasteiger partial charge in [-0.1, -0.05) is 12.1 Å². The fourth-order valence-electron chi connectivity index (χ4n) is 4.33. The van der Waals surface area contributed by atoms with Crippen LogP contribution in [0.3, 0.4) is 0 Å². The molecule has 0 spiro atoms. The minimum Gasteiger partial charge on any atom is -0.507 e. The van der Waals surface area contributed by atoms with E-state index in [0.29, 0.717) is 47.8 Å². The highest BCUT2D eigenvalue weighted by Gasteiger charge is 2.42. The molecule has 1 unspecified atom stereocenters. The number of hydrogen-bond donors (Lipinski definition) is 4. The first kappa shape index (κ1) is 21.7. The van der Waals surface area contributed by atoms with E-state index in [9.17, 15) is 20.1 Å². The number of hydrogen-bond acceptors (Lipinski definition) is 6. The fraction of sp³-hybridized carbons (Fsp3) is 0.333. The summed E-state index contributed by atoms with van der Waals surface area (Å²) in [6.45, 7) is 6.26. The van der Waals surface area contributed by atoms with Crippen molar-refractivity contribution in [3.63, 3.8) is 0 Å². The molecule has 8 heteroatoms. The highest BCUT2D eigenvalue weighted by atomic mass is 16.5. The number of rotatable bonds is 7. The average Bonchev–Trinajstić information content (AvgIpc) is 3.30. The number of nitrogens with zero attached hydrogens (tertiary/aromatic N) is 2. The molecule has 0 radical (unpaired) electrons.